The highest BCUT2D eigenvalue weighted by atomic mass is 79.9. The van der Waals surface area contributed by atoms with E-state index in [2.05, 4.69) is 29.8 Å². The number of unbranched alkanes of at least 4 members (excludes halogenated alkanes) is 13. The third kappa shape index (κ3) is 20.9. The van der Waals surface area contributed by atoms with E-state index < -0.39 is 0 Å². The monoisotopic (exact) mass is 394 g/mol. The van der Waals surface area contributed by atoms with Gasteiger partial charge < -0.3 is 0 Å². The molecule has 0 aliphatic carbocycles. The lowest BCUT2D eigenvalue weighted by molar-refractivity contribution is 0.533. The van der Waals surface area contributed by atoms with E-state index in [0.717, 1.165) is 4.83 Å². The van der Waals surface area contributed by atoms with Crippen molar-refractivity contribution in [1.29, 1.82) is 0 Å². The fourth-order valence-corrected chi connectivity index (χ4v) is 3.61. The Morgan fingerprint density at radius 3 is 1.14 bits per heavy atom. The van der Waals surface area contributed by atoms with Crippen molar-refractivity contribution in [2.75, 3.05) is 0 Å². The largest absolute Gasteiger partial charge is 0.153 e. The van der Waals surface area contributed by atoms with E-state index in [0.29, 0.717) is 0 Å². The van der Waals surface area contributed by atoms with Crippen molar-refractivity contribution >= 4 is 25.8 Å². The second kappa shape index (κ2) is 21.9. The van der Waals surface area contributed by atoms with Gasteiger partial charge in [-0.2, -0.15) is 9.90 Å². The SMILES string of the molecule is CCCCCCCCCCCCCC(Br)CCCCCC.P. The molecule has 2 unspecified atom stereocenters. The third-order valence-electron chi connectivity index (χ3n) is 4.49. The average molecular weight is 395 g/mol. The third-order valence-corrected chi connectivity index (χ3v) is 5.41. The highest BCUT2D eigenvalue weighted by Crippen LogP contribution is 2.19. The molecule has 0 radical (unpaired) electrons. The second-order valence-electron chi connectivity index (χ2n) is 6.77. The molecule has 0 aromatic carbocycles. The highest BCUT2D eigenvalue weighted by Gasteiger charge is 2.03. The standard InChI is InChI=1S/C20H41Br.H3P/c1-3-5-7-9-10-11-12-13-14-15-17-19-20(21)18-16-8-6-4-2;/h20H,3-19H2,1-2H3;1H3. The molecule has 0 aromatic rings. The average Bonchev–Trinajstić information content (AvgIpc) is 2.49. The number of hydrogen-bond donors (Lipinski definition) is 0. The number of halogens is 1. The smallest absolute Gasteiger partial charge is 0.0145 e. The molecule has 0 fully saturated rings. The van der Waals surface area contributed by atoms with Crippen LogP contribution in [0.2, 0.25) is 0 Å². The first-order valence-corrected chi connectivity index (χ1v) is 10.9. The number of rotatable bonds is 17. The van der Waals surface area contributed by atoms with Gasteiger partial charge in [0.2, 0.25) is 0 Å². The van der Waals surface area contributed by atoms with Gasteiger partial charge in [-0.25, -0.2) is 0 Å². The molecule has 0 aromatic heterocycles. The van der Waals surface area contributed by atoms with Crippen LogP contribution in [0.3, 0.4) is 0 Å². The van der Waals surface area contributed by atoms with Gasteiger partial charge in [-0.15, -0.1) is 0 Å². The Labute approximate surface area is 153 Å². The Morgan fingerprint density at radius 1 is 0.500 bits per heavy atom. The molecule has 2 heteroatoms. The predicted octanol–water partition coefficient (Wildman–Crippen LogP) is 8.48. The molecule has 0 rings (SSSR count). The summed E-state index contributed by atoms with van der Waals surface area (Å²) in [5, 5.41) is 0. The van der Waals surface area contributed by atoms with Crippen LogP contribution in [0.25, 0.3) is 0 Å². The van der Waals surface area contributed by atoms with Crippen LogP contribution >= 0.6 is 25.8 Å². The van der Waals surface area contributed by atoms with Crippen LogP contribution < -0.4 is 0 Å². The molecule has 2 atom stereocenters. The number of hydrogen-bond acceptors (Lipinski definition) is 0. The zero-order valence-corrected chi connectivity index (χ0v) is 18.7. The molecule has 0 amide bonds. The molecule has 0 saturated heterocycles. The Kier molecular flexibility index (Phi) is 25.1. The molecule has 136 valence electrons. The number of alkyl halides is 1. The molecule has 0 nitrogen and oxygen atoms in total. The molecule has 0 N–H and O–H groups in total. The maximum atomic E-state index is 3.85. The van der Waals surface area contributed by atoms with Crippen molar-refractivity contribution in [2.24, 2.45) is 0 Å². The van der Waals surface area contributed by atoms with Gasteiger partial charge in [0.05, 0.1) is 0 Å². The topological polar surface area (TPSA) is 0 Å². The van der Waals surface area contributed by atoms with Gasteiger partial charge >= 0.3 is 0 Å². The molecule has 0 heterocycles. The van der Waals surface area contributed by atoms with E-state index >= 15 is 0 Å². The summed E-state index contributed by atoms with van der Waals surface area (Å²) in [4.78, 5) is 0.785. The van der Waals surface area contributed by atoms with Gasteiger partial charge in [-0.3, -0.25) is 0 Å². The minimum absolute atomic E-state index is 0. The molecule has 0 spiro atoms. The molecule has 0 aliphatic heterocycles. The Hall–Kier alpha value is 0.910. The van der Waals surface area contributed by atoms with Gasteiger partial charge in [0, 0.05) is 4.83 Å². The summed E-state index contributed by atoms with van der Waals surface area (Å²) in [5.74, 6) is 0. The lowest BCUT2D eigenvalue weighted by Crippen LogP contribution is -1.97. The van der Waals surface area contributed by atoms with Crippen molar-refractivity contribution in [3.63, 3.8) is 0 Å². The van der Waals surface area contributed by atoms with Crippen LogP contribution in [0.1, 0.15) is 123 Å². The van der Waals surface area contributed by atoms with Crippen LogP contribution in [-0.4, -0.2) is 4.83 Å². The lowest BCUT2D eigenvalue weighted by Gasteiger charge is -2.09. The first-order valence-electron chi connectivity index (χ1n) is 9.95. The quantitative estimate of drug-likeness (QED) is 0.132. The summed E-state index contributed by atoms with van der Waals surface area (Å²) in [6.07, 6.45) is 24.4. The fourth-order valence-electron chi connectivity index (χ4n) is 2.97. The van der Waals surface area contributed by atoms with Crippen molar-refractivity contribution in [3.05, 3.63) is 0 Å². The summed E-state index contributed by atoms with van der Waals surface area (Å²) >= 11 is 3.85. The van der Waals surface area contributed by atoms with E-state index in [1.165, 1.54) is 109 Å². The van der Waals surface area contributed by atoms with Gasteiger partial charge in [0.25, 0.3) is 0 Å². The van der Waals surface area contributed by atoms with Gasteiger partial charge in [0.15, 0.2) is 0 Å². The maximum Gasteiger partial charge on any atom is 0.0145 e. The summed E-state index contributed by atoms with van der Waals surface area (Å²) in [6.45, 7) is 4.58. The lowest BCUT2D eigenvalue weighted by atomic mass is 10.0. The Balaban J connectivity index is 0. The normalized spacial score (nSPS) is 12.1. The van der Waals surface area contributed by atoms with Gasteiger partial charge in [0.1, 0.15) is 0 Å². The van der Waals surface area contributed by atoms with E-state index in [4.69, 9.17) is 0 Å². The minimum Gasteiger partial charge on any atom is -0.153 e. The summed E-state index contributed by atoms with van der Waals surface area (Å²) < 4.78 is 0. The molecule has 22 heavy (non-hydrogen) atoms. The Bertz CT molecular complexity index is 185. The molecule has 0 aliphatic rings. The van der Waals surface area contributed by atoms with Crippen LogP contribution in [0.15, 0.2) is 0 Å². The summed E-state index contributed by atoms with van der Waals surface area (Å²) in [5.41, 5.74) is 0. The van der Waals surface area contributed by atoms with Crippen molar-refractivity contribution in [3.8, 4) is 0 Å². The molecular formula is C20H44BrP. The first kappa shape index (κ1) is 25.2. The van der Waals surface area contributed by atoms with E-state index in [1.54, 1.807) is 0 Å². The summed E-state index contributed by atoms with van der Waals surface area (Å²) in [6, 6.07) is 0. The van der Waals surface area contributed by atoms with E-state index in [1.807, 2.05) is 0 Å². The van der Waals surface area contributed by atoms with Gasteiger partial charge in [-0.1, -0.05) is 126 Å². The zero-order chi connectivity index (χ0) is 15.6. The van der Waals surface area contributed by atoms with E-state index in [-0.39, 0.29) is 9.90 Å². The fraction of sp³-hybridized carbons (Fsp3) is 1.00. The molecule has 0 bridgehead atoms. The Morgan fingerprint density at radius 2 is 0.773 bits per heavy atom. The van der Waals surface area contributed by atoms with Crippen LogP contribution in [0.5, 0.6) is 0 Å². The van der Waals surface area contributed by atoms with E-state index in [9.17, 15) is 0 Å². The highest BCUT2D eigenvalue weighted by molar-refractivity contribution is 9.09. The zero-order valence-electron chi connectivity index (χ0n) is 15.7. The second-order valence-corrected chi connectivity index (χ2v) is 8.07. The minimum atomic E-state index is 0. The van der Waals surface area contributed by atoms with Crippen molar-refractivity contribution in [1.82, 2.24) is 0 Å². The van der Waals surface area contributed by atoms with Crippen molar-refractivity contribution in [2.45, 2.75) is 128 Å². The van der Waals surface area contributed by atoms with Crippen LogP contribution in [0, 0.1) is 0 Å². The van der Waals surface area contributed by atoms with Crippen molar-refractivity contribution < 1.29 is 0 Å². The van der Waals surface area contributed by atoms with Gasteiger partial charge in [-0.05, 0) is 12.8 Å². The van der Waals surface area contributed by atoms with Crippen LogP contribution in [0.4, 0.5) is 0 Å². The van der Waals surface area contributed by atoms with Crippen LogP contribution in [-0.2, 0) is 0 Å². The molecular weight excluding hydrogens is 351 g/mol. The predicted molar refractivity (Wildman–Crippen MR) is 114 cm³/mol. The summed E-state index contributed by atoms with van der Waals surface area (Å²) in [7, 11) is 0. The first-order chi connectivity index (χ1) is 10.3. The molecule has 0 saturated carbocycles. The maximum absolute atomic E-state index is 3.85.